The molecule has 0 bridgehead atoms. The molecule has 0 spiro atoms. The molecule has 0 atom stereocenters. The van der Waals surface area contributed by atoms with Crippen LogP contribution in [0.4, 0.5) is 10.1 Å². The molecule has 0 saturated carbocycles. The number of halogens is 1. The van der Waals surface area contributed by atoms with Crippen LogP contribution in [0, 0.1) is 18.3 Å². The van der Waals surface area contributed by atoms with Gasteiger partial charge in [0.25, 0.3) is 10.0 Å². The van der Waals surface area contributed by atoms with E-state index in [0.29, 0.717) is 22.2 Å². The van der Waals surface area contributed by atoms with Crippen LogP contribution >= 0.6 is 0 Å². The molecule has 8 nitrogen and oxygen atoms in total. The predicted octanol–water partition coefficient (Wildman–Crippen LogP) is 2.08. The minimum atomic E-state index is -3.93. The molecule has 140 valence electrons. The van der Waals surface area contributed by atoms with Crippen molar-refractivity contribution >= 4 is 26.6 Å². The van der Waals surface area contributed by atoms with Gasteiger partial charge in [0.15, 0.2) is 5.67 Å². The van der Waals surface area contributed by atoms with Gasteiger partial charge in [-0.2, -0.15) is 10.4 Å². The molecule has 3 heterocycles. The van der Waals surface area contributed by atoms with Crippen LogP contribution in [0.15, 0.2) is 35.6 Å². The molecule has 4 rings (SSSR count). The van der Waals surface area contributed by atoms with Crippen LogP contribution in [0.1, 0.15) is 11.1 Å². The van der Waals surface area contributed by atoms with Crippen molar-refractivity contribution in [2.45, 2.75) is 24.0 Å². The van der Waals surface area contributed by atoms with Gasteiger partial charge < -0.3 is 9.72 Å². The first-order chi connectivity index (χ1) is 12.8. The van der Waals surface area contributed by atoms with Crippen LogP contribution in [-0.2, 0) is 21.3 Å². The topological polar surface area (TPSA) is 113 Å². The molecule has 0 radical (unpaired) electrons. The van der Waals surface area contributed by atoms with Gasteiger partial charge in [-0.05, 0) is 18.6 Å². The van der Waals surface area contributed by atoms with E-state index in [9.17, 15) is 18.1 Å². The molecule has 10 heteroatoms. The molecule has 27 heavy (non-hydrogen) atoms. The quantitative estimate of drug-likeness (QED) is 0.694. The molecule has 3 aromatic rings. The molecule has 1 saturated heterocycles. The molecule has 1 aliphatic rings. The minimum Gasteiger partial charge on any atom is -0.374 e. The van der Waals surface area contributed by atoms with E-state index >= 15 is 0 Å². The van der Waals surface area contributed by atoms with Crippen LogP contribution in [-0.4, -0.2) is 42.1 Å². The maximum Gasteiger partial charge on any atom is 0.265 e. The van der Waals surface area contributed by atoms with Gasteiger partial charge in [0, 0.05) is 17.8 Å². The number of nitriles is 1. The lowest BCUT2D eigenvalue weighted by Crippen LogP contribution is -2.48. The van der Waals surface area contributed by atoms with Gasteiger partial charge in [0.1, 0.15) is 11.0 Å². The lowest BCUT2D eigenvalue weighted by molar-refractivity contribution is -0.138. The highest BCUT2D eigenvalue weighted by molar-refractivity contribution is 7.92. The third-order valence-electron chi connectivity index (χ3n) is 4.50. The molecular formula is C17H16FN5O3S. The molecule has 2 N–H and O–H groups in total. The van der Waals surface area contributed by atoms with E-state index in [0.717, 1.165) is 5.56 Å². The van der Waals surface area contributed by atoms with Gasteiger partial charge in [-0.15, -0.1) is 0 Å². The van der Waals surface area contributed by atoms with Gasteiger partial charge in [-0.3, -0.25) is 9.40 Å². The lowest BCUT2D eigenvalue weighted by Gasteiger charge is -2.33. The van der Waals surface area contributed by atoms with Gasteiger partial charge in [-0.1, -0.05) is 6.07 Å². The minimum absolute atomic E-state index is 0.0252. The summed E-state index contributed by atoms with van der Waals surface area (Å²) >= 11 is 0. The molecule has 0 amide bonds. The van der Waals surface area contributed by atoms with E-state index in [1.807, 2.05) is 6.92 Å². The first kappa shape index (κ1) is 17.5. The number of fused-ring (bicyclic) bond motifs is 1. The standard InChI is InChI=1S/C17H16FN5O3S/c1-11-2-3-14(16-15(11)12(4-19)5-20-16)22-27(24,25)13-6-21-23(7-13)8-17(18)9-26-10-17/h2-3,5-7,20,22H,8-10H2,1H3. The highest BCUT2D eigenvalue weighted by Gasteiger charge is 2.39. The first-order valence-electron chi connectivity index (χ1n) is 8.14. The van der Waals surface area contributed by atoms with Gasteiger partial charge in [0.2, 0.25) is 0 Å². The second kappa shape index (κ2) is 6.07. The zero-order valence-electron chi connectivity index (χ0n) is 14.4. The second-order valence-electron chi connectivity index (χ2n) is 6.62. The first-order valence-corrected chi connectivity index (χ1v) is 9.62. The van der Waals surface area contributed by atoms with E-state index in [1.54, 1.807) is 12.1 Å². The Bertz CT molecular complexity index is 1170. The normalized spacial score (nSPS) is 16.0. The van der Waals surface area contributed by atoms with Gasteiger partial charge >= 0.3 is 0 Å². The largest absolute Gasteiger partial charge is 0.374 e. The third-order valence-corrected chi connectivity index (χ3v) is 5.82. The van der Waals surface area contributed by atoms with Gasteiger partial charge in [0.05, 0.1) is 42.7 Å². The second-order valence-corrected chi connectivity index (χ2v) is 8.30. The van der Waals surface area contributed by atoms with Crippen LogP contribution in [0.2, 0.25) is 0 Å². The highest BCUT2D eigenvalue weighted by atomic mass is 32.2. The number of rotatable bonds is 5. The number of nitrogens with one attached hydrogen (secondary N) is 2. The number of ether oxygens (including phenoxy) is 1. The van der Waals surface area contributed by atoms with E-state index in [1.165, 1.54) is 23.3 Å². The van der Waals surface area contributed by atoms with Crippen LogP contribution in [0.5, 0.6) is 0 Å². The highest BCUT2D eigenvalue weighted by Crippen LogP contribution is 2.30. The van der Waals surface area contributed by atoms with E-state index in [-0.39, 0.29) is 24.7 Å². The zero-order chi connectivity index (χ0) is 19.2. The number of aromatic nitrogens is 3. The van der Waals surface area contributed by atoms with Crippen LogP contribution in [0.3, 0.4) is 0 Å². The Balaban J connectivity index is 1.64. The Morgan fingerprint density at radius 2 is 2.26 bits per heavy atom. The van der Waals surface area contributed by atoms with Crippen molar-refractivity contribution in [2.24, 2.45) is 0 Å². The molecule has 1 fully saturated rings. The number of alkyl halides is 1. The summed E-state index contributed by atoms with van der Waals surface area (Å²) < 4.78 is 48.1. The number of sulfonamides is 1. The average molecular weight is 389 g/mol. The molecular weight excluding hydrogens is 373 g/mol. The Morgan fingerprint density at radius 3 is 2.93 bits per heavy atom. The molecule has 0 aliphatic carbocycles. The SMILES string of the molecule is Cc1ccc(NS(=O)(=O)c2cnn(CC3(F)COC3)c2)c2[nH]cc(C#N)c12. The van der Waals surface area contributed by atoms with Crippen molar-refractivity contribution in [1.82, 2.24) is 14.8 Å². The Hall–Kier alpha value is -2.90. The van der Waals surface area contributed by atoms with Crippen LogP contribution < -0.4 is 4.72 Å². The number of H-pyrrole nitrogens is 1. The fourth-order valence-corrected chi connectivity index (χ4v) is 4.10. The summed E-state index contributed by atoms with van der Waals surface area (Å²) in [6.07, 6.45) is 3.99. The Labute approximate surface area is 154 Å². The maximum atomic E-state index is 14.1. The fourth-order valence-electron chi connectivity index (χ4n) is 3.07. The number of benzene rings is 1. The lowest BCUT2D eigenvalue weighted by atomic mass is 10.1. The number of hydrogen-bond donors (Lipinski definition) is 2. The van der Waals surface area contributed by atoms with E-state index in [2.05, 4.69) is 20.9 Å². The van der Waals surface area contributed by atoms with E-state index < -0.39 is 15.7 Å². The summed E-state index contributed by atoms with van der Waals surface area (Å²) in [4.78, 5) is 2.86. The third kappa shape index (κ3) is 3.05. The molecule has 1 aliphatic heterocycles. The maximum absolute atomic E-state index is 14.1. The summed E-state index contributed by atoms with van der Waals surface area (Å²) in [6, 6.07) is 5.44. The number of hydrogen-bond acceptors (Lipinski definition) is 5. The number of nitrogens with zero attached hydrogens (tertiary/aromatic N) is 3. The van der Waals surface area contributed by atoms with Crippen molar-refractivity contribution in [3.63, 3.8) is 0 Å². The molecule has 0 unspecified atom stereocenters. The summed E-state index contributed by atoms with van der Waals surface area (Å²) in [5.74, 6) is 0. The van der Waals surface area contributed by atoms with Crippen molar-refractivity contribution in [2.75, 3.05) is 17.9 Å². The van der Waals surface area contributed by atoms with Crippen LogP contribution in [0.25, 0.3) is 10.9 Å². The van der Waals surface area contributed by atoms with Crippen molar-refractivity contribution in [1.29, 1.82) is 5.26 Å². The Kier molecular flexibility index (Phi) is 3.94. The van der Waals surface area contributed by atoms with E-state index in [4.69, 9.17) is 4.74 Å². The molecule has 2 aromatic heterocycles. The van der Waals surface area contributed by atoms with Crippen molar-refractivity contribution < 1.29 is 17.5 Å². The summed E-state index contributed by atoms with van der Waals surface area (Å²) in [5, 5.41) is 13.8. The number of aryl methyl sites for hydroxylation is 1. The zero-order valence-corrected chi connectivity index (χ0v) is 15.2. The fraction of sp³-hybridized carbons (Fsp3) is 0.294. The monoisotopic (exact) mass is 389 g/mol. The average Bonchev–Trinajstić information content (AvgIpc) is 3.23. The smallest absolute Gasteiger partial charge is 0.265 e. The molecule has 1 aromatic carbocycles. The number of anilines is 1. The van der Waals surface area contributed by atoms with Crippen molar-refractivity contribution in [3.05, 3.63) is 41.9 Å². The number of aromatic amines is 1. The predicted molar refractivity (Wildman–Crippen MR) is 95.4 cm³/mol. The summed E-state index contributed by atoms with van der Waals surface area (Å²) in [7, 11) is -3.93. The Morgan fingerprint density at radius 1 is 1.48 bits per heavy atom. The summed E-state index contributed by atoms with van der Waals surface area (Å²) in [6.45, 7) is 1.72. The van der Waals surface area contributed by atoms with Gasteiger partial charge in [-0.25, -0.2) is 12.8 Å². The summed E-state index contributed by atoms with van der Waals surface area (Å²) in [5.41, 5.74) is 0.625. The van der Waals surface area contributed by atoms with Crippen molar-refractivity contribution in [3.8, 4) is 6.07 Å².